The first kappa shape index (κ1) is 13.5. The maximum atomic E-state index is 13.0. The fourth-order valence-corrected chi connectivity index (χ4v) is 2.24. The predicted octanol–water partition coefficient (Wildman–Crippen LogP) is 1.58. The molecular formula is C13H11F2N3O3. The molecule has 3 rings (SSSR count). The van der Waals surface area contributed by atoms with Crippen molar-refractivity contribution in [3.05, 3.63) is 23.8 Å². The number of benzene rings is 1. The number of aliphatic imine (C=N–C) groups is 2. The van der Waals surface area contributed by atoms with Crippen molar-refractivity contribution in [3.8, 4) is 11.5 Å². The summed E-state index contributed by atoms with van der Waals surface area (Å²) in [6, 6.07) is 4.26. The van der Waals surface area contributed by atoms with Crippen LogP contribution in [0.5, 0.6) is 11.5 Å². The van der Waals surface area contributed by atoms with Crippen LogP contribution in [0, 0.1) is 0 Å². The summed E-state index contributed by atoms with van der Waals surface area (Å²) < 4.78 is 34.7. The molecule has 1 aromatic rings. The SMILES string of the molecule is C=NC(N)=NC(=O)C1(c2ccc3c(c2)OC(F)(F)O3)CC1. The van der Waals surface area contributed by atoms with Gasteiger partial charge in [-0.3, -0.25) is 4.79 Å². The molecule has 2 N–H and O–H groups in total. The zero-order valence-electron chi connectivity index (χ0n) is 10.8. The minimum atomic E-state index is -3.68. The van der Waals surface area contributed by atoms with E-state index in [1.54, 1.807) is 6.07 Å². The van der Waals surface area contributed by atoms with Crippen LogP contribution in [-0.2, 0) is 10.2 Å². The lowest BCUT2D eigenvalue weighted by Crippen LogP contribution is -2.26. The summed E-state index contributed by atoms with van der Waals surface area (Å²) in [6.45, 7) is 3.17. The van der Waals surface area contributed by atoms with Crippen LogP contribution < -0.4 is 15.2 Å². The van der Waals surface area contributed by atoms with Crippen molar-refractivity contribution in [2.24, 2.45) is 15.7 Å². The topological polar surface area (TPSA) is 86.3 Å². The number of alkyl halides is 2. The number of nitrogens with two attached hydrogens (primary N) is 1. The Morgan fingerprint density at radius 1 is 1.29 bits per heavy atom. The van der Waals surface area contributed by atoms with Gasteiger partial charge >= 0.3 is 6.29 Å². The summed E-state index contributed by atoms with van der Waals surface area (Å²) in [4.78, 5) is 19.1. The van der Waals surface area contributed by atoms with Gasteiger partial charge in [0.1, 0.15) is 0 Å². The summed E-state index contributed by atoms with van der Waals surface area (Å²) in [7, 11) is 0. The first-order valence-electron chi connectivity index (χ1n) is 6.12. The number of hydrogen-bond acceptors (Lipinski definition) is 3. The number of rotatable bonds is 2. The van der Waals surface area contributed by atoms with Crippen LogP contribution in [0.2, 0.25) is 0 Å². The van der Waals surface area contributed by atoms with Gasteiger partial charge in [0, 0.05) is 0 Å². The van der Waals surface area contributed by atoms with Crippen molar-refractivity contribution in [1.29, 1.82) is 0 Å². The van der Waals surface area contributed by atoms with Gasteiger partial charge in [-0.05, 0) is 37.3 Å². The Labute approximate surface area is 118 Å². The highest BCUT2D eigenvalue weighted by Crippen LogP contribution is 2.52. The summed E-state index contributed by atoms with van der Waals surface area (Å²) in [6.07, 6.45) is -2.58. The lowest BCUT2D eigenvalue weighted by Gasteiger charge is -2.11. The average molecular weight is 295 g/mol. The van der Waals surface area contributed by atoms with Crippen LogP contribution in [0.4, 0.5) is 8.78 Å². The molecule has 1 heterocycles. The Bertz CT molecular complexity index is 669. The fourth-order valence-electron chi connectivity index (χ4n) is 2.24. The fraction of sp³-hybridized carbons (Fsp3) is 0.308. The van der Waals surface area contributed by atoms with E-state index in [-0.39, 0.29) is 17.5 Å². The Morgan fingerprint density at radius 2 is 1.95 bits per heavy atom. The van der Waals surface area contributed by atoms with Crippen LogP contribution in [0.3, 0.4) is 0 Å². The summed E-state index contributed by atoms with van der Waals surface area (Å²) in [5, 5.41) is 0. The Hall–Kier alpha value is -2.51. The zero-order chi connectivity index (χ0) is 15.3. The molecule has 21 heavy (non-hydrogen) atoms. The van der Waals surface area contributed by atoms with Gasteiger partial charge in [0.15, 0.2) is 11.5 Å². The minimum Gasteiger partial charge on any atom is -0.395 e. The highest BCUT2D eigenvalue weighted by Gasteiger charge is 2.53. The van der Waals surface area contributed by atoms with Crippen LogP contribution in [0.25, 0.3) is 0 Å². The van der Waals surface area contributed by atoms with Crippen LogP contribution >= 0.6 is 0 Å². The van der Waals surface area contributed by atoms with Gasteiger partial charge in [-0.15, -0.1) is 8.78 Å². The molecule has 1 amide bonds. The zero-order valence-corrected chi connectivity index (χ0v) is 10.8. The lowest BCUT2D eigenvalue weighted by atomic mass is 9.95. The van der Waals surface area contributed by atoms with E-state index in [1.165, 1.54) is 12.1 Å². The number of carbonyl (C=O) groups excluding carboxylic acids is 1. The molecule has 1 saturated carbocycles. The predicted molar refractivity (Wildman–Crippen MR) is 69.7 cm³/mol. The molecule has 1 aliphatic carbocycles. The second kappa shape index (κ2) is 4.24. The maximum Gasteiger partial charge on any atom is 0.586 e. The molecule has 1 aromatic carbocycles. The highest BCUT2D eigenvalue weighted by atomic mass is 19.3. The standard InChI is InChI=1S/C13H11F2N3O3/c1-17-11(16)18-10(19)12(4-5-12)7-2-3-8-9(6-7)21-13(14,15)20-8/h2-3,6H,1,4-5H2,(H2,16,18,19). The minimum absolute atomic E-state index is 0.0669. The van der Waals surface area contributed by atoms with E-state index in [2.05, 4.69) is 26.2 Å². The van der Waals surface area contributed by atoms with Crippen molar-refractivity contribution in [2.75, 3.05) is 0 Å². The Balaban J connectivity index is 1.92. The normalized spacial score (nSPS) is 21.0. The molecule has 110 valence electrons. The van der Waals surface area contributed by atoms with Crippen molar-refractivity contribution in [2.45, 2.75) is 24.6 Å². The number of hydrogen-bond donors (Lipinski definition) is 1. The molecule has 1 fully saturated rings. The molecule has 0 spiro atoms. The van der Waals surface area contributed by atoms with Gasteiger partial charge in [-0.2, -0.15) is 4.99 Å². The number of nitrogens with zero attached hydrogens (tertiary/aromatic N) is 2. The van der Waals surface area contributed by atoms with E-state index in [0.29, 0.717) is 18.4 Å². The second-order valence-electron chi connectivity index (χ2n) is 4.84. The Morgan fingerprint density at radius 3 is 2.57 bits per heavy atom. The number of fused-ring (bicyclic) bond motifs is 1. The van der Waals surface area contributed by atoms with Crippen LogP contribution in [0.1, 0.15) is 18.4 Å². The summed E-state index contributed by atoms with van der Waals surface area (Å²) >= 11 is 0. The van der Waals surface area contributed by atoms with Gasteiger partial charge < -0.3 is 15.2 Å². The maximum absolute atomic E-state index is 13.0. The number of guanidine groups is 1. The quantitative estimate of drug-likeness (QED) is 0.663. The Kier molecular flexibility index (Phi) is 2.72. The first-order chi connectivity index (χ1) is 9.86. The van der Waals surface area contributed by atoms with Crippen molar-refractivity contribution < 1.29 is 23.0 Å². The monoisotopic (exact) mass is 295 g/mol. The number of carbonyl (C=O) groups is 1. The van der Waals surface area contributed by atoms with E-state index in [1.807, 2.05) is 0 Å². The van der Waals surface area contributed by atoms with E-state index in [0.717, 1.165) is 0 Å². The van der Waals surface area contributed by atoms with E-state index in [9.17, 15) is 13.6 Å². The average Bonchev–Trinajstić information content (AvgIpc) is 3.16. The summed E-state index contributed by atoms with van der Waals surface area (Å²) in [5.74, 6) is -0.866. The first-order valence-corrected chi connectivity index (χ1v) is 6.12. The molecule has 0 radical (unpaired) electrons. The van der Waals surface area contributed by atoms with Crippen LogP contribution in [0.15, 0.2) is 28.2 Å². The molecule has 6 nitrogen and oxygen atoms in total. The van der Waals surface area contributed by atoms with Crippen molar-refractivity contribution in [1.82, 2.24) is 0 Å². The molecule has 0 saturated heterocycles. The number of amides is 1. The van der Waals surface area contributed by atoms with E-state index in [4.69, 9.17) is 5.73 Å². The van der Waals surface area contributed by atoms with E-state index < -0.39 is 17.6 Å². The van der Waals surface area contributed by atoms with E-state index >= 15 is 0 Å². The third-order valence-corrected chi connectivity index (χ3v) is 3.49. The third kappa shape index (κ3) is 2.22. The molecule has 8 heteroatoms. The van der Waals surface area contributed by atoms with Crippen molar-refractivity contribution in [3.63, 3.8) is 0 Å². The summed E-state index contributed by atoms with van der Waals surface area (Å²) in [5.41, 5.74) is 5.04. The van der Waals surface area contributed by atoms with Crippen LogP contribution in [-0.4, -0.2) is 24.9 Å². The molecule has 0 atom stereocenters. The smallest absolute Gasteiger partial charge is 0.395 e. The third-order valence-electron chi connectivity index (χ3n) is 3.49. The molecule has 0 bridgehead atoms. The largest absolute Gasteiger partial charge is 0.586 e. The number of halogens is 2. The lowest BCUT2D eigenvalue weighted by molar-refractivity contribution is -0.286. The van der Waals surface area contributed by atoms with Gasteiger partial charge in [-0.25, -0.2) is 4.99 Å². The van der Waals surface area contributed by atoms with Crippen molar-refractivity contribution >= 4 is 18.6 Å². The highest BCUT2D eigenvalue weighted by molar-refractivity contribution is 6.01. The second-order valence-corrected chi connectivity index (χ2v) is 4.84. The number of ether oxygens (including phenoxy) is 2. The molecule has 1 aliphatic heterocycles. The van der Waals surface area contributed by atoms with Gasteiger partial charge in [-0.1, -0.05) is 6.07 Å². The molecule has 0 aromatic heterocycles. The molecular weight excluding hydrogens is 284 g/mol. The molecule has 0 unspecified atom stereocenters. The molecule has 2 aliphatic rings. The van der Waals surface area contributed by atoms with Gasteiger partial charge in [0.05, 0.1) is 5.41 Å². The van der Waals surface area contributed by atoms with Gasteiger partial charge in [0.25, 0.3) is 5.91 Å². The van der Waals surface area contributed by atoms with Gasteiger partial charge in [0.2, 0.25) is 5.96 Å².